The van der Waals surface area contributed by atoms with E-state index in [9.17, 15) is 4.79 Å². The molecule has 1 aliphatic heterocycles. The van der Waals surface area contributed by atoms with Crippen LogP contribution in [0.1, 0.15) is 35.7 Å². The third-order valence-electron chi connectivity index (χ3n) is 4.64. The Morgan fingerprint density at radius 2 is 1.96 bits per heavy atom. The Kier molecular flexibility index (Phi) is 4.04. The number of morpholine rings is 1. The van der Waals surface area contributed by atoms with Crippen LogP contribution in [0.5, 0.6) is 0 Å². The van der Waals surface area contributed by atoms with Crippen LogP contribution in [0.2, 0.25) is 0 Å². The molecular formula is C17H20N6O2. The molecule has 1 amide bonds. The van der Waals surface area contributed by atoms with Crippen LogP contribution in [0.25, 0.3) is 0 Å². The highest BCUT2D eigenvalue weighted by molar-refractivity contribution is 5.93. The summed E-state index contributed by atoms with van der Waals surface area (Å²) in [6.07, 6.45) is 10.3. The summed E-state index contributed by atoms with van der Waals surface area (Å²) in [7, 11) is 0. The molecule has 2 aromatic heterocycles. The van der Waals surface area contributed by atoms with Gasteiger partial charge in [-0.2, -0.15) is 0 Å². The molecule has 8 heteroatoms. The van der Waals surface area contributed by atoms with Gasteiger partial charge in [0, 0.05) is 43.4 Å². The molecule has 1 saturated heterocycles. The number of aromatic nitrogens is 4. The van der Waals surface area contributed by atoms with Crippen LogP contribution in [0.3, 0.4) is 0 Å². The van der Waals surface area contributed by atoms with Gasteiger partial charge in [0.2, 0.25) is 5.95 Å². The van der Waals surface area contributed by atoms with E-state index in [2.05, 4.69) is 25.3 Å². The lowest BCUT2D eigenvalue weighted by Gasteiger charge is -2.31. The smallest absolute Gasteiger partial charge is 0.257 e. The first-order valence-electron chi connectivity index (χ1n) is 8.43. The summed E-state index contributed by atoms with van der Waals surface area (Å²) in [5.41, 5.74) is 1.33. The van der Waals surface area contributed by atoms with Gasteiger partial charge in [-0.05, 0) is 19.8 Å². The lowest BCUT2D eigenvalue weighted by molar-refractivity contribution is -0.0124. The van der Waals surface area contributed by atoms with E-state index in [0.717, 1.165) is 18.4 Å². The van der Waals surface area contributed by atoms with Gasteiger partial charge in [0.05, 0.1) is 23.8 Å². The molecule has 0 bridgehead atoms. The van der Waals surface area contributed by atoms with Crippen molar-refractivity contribution in [1.29, 1.82) is 0 Å². The molecule has 2 aromatic rings. The number of hydrogen-bond acceptors (Lipinski definition) is 7. The number of amides is 1. The quantitative estimate of drug-likeness (QED) is 0.894. The van der Waals surface area contributed by atoms with Gasteiger partial charge in [0.1, 0.15) is 6.33 Å². The molecule has 0 spiro atoms. The molecule has 2 aliphatic rings. The van der Waals surface area contributed by atoms with Crippen molar-refractivity contribution in [2.45, 2.75) is 31.4 Å². The minimum Gasteiger partial charge on any atom is -0.375 e. The molecule has 8 nitrogen and oxygen atoms in total. The zero-order valence-electron chi connectivity index (χ0n) is 14.1. The van der Waals surface area contributed by atoms with E-state index >= 15 is 0 Å². The number of nitrogens with zero attached hydrogens (tertiary/aromatic N) is 5. The predicted octanol–water partition coefficient (Wildman–Crippen LogP) is 1.23. The summed E-state index contributed by atoms with van der Waals surface area (Å²) in [6, 6.07) is 0. The minimum absolute atomic E-state index is 0.0562. The summed E-state index contributed by atoms with van der Waals surface area (Å²) >= 11 is 0. The van der Waals surface area contributed by atoms with Crippen LogP contribution in [0.15, 0.2) is 31.1 Å². The molecule has 4 rings (SSSR count). The van der Waals surface area contributed by atoms with Crippen LogP contribution in [-0.2, 0) is 10.3 Å². The van der Waals surface area contributed by atoms with Gasteiger partial charge in [-0.25, -0.2) is 19.9 Å². The fourth-order valence-corrected chi connectivity index (χ4v) is 3.06. The Bertz CT molecular complexity index is 747. The van der Waals surface area contributed by atoms with Crippen molar-refractivity contribution in [1.82, 2.24) is 24.8 Å². The molecule has 1 atom stereocenters. The third-order valence-corrected chi connectivity index (χ3v) is 4.64. The van der Waals surface area contributed by atoms with E-state index in [1.54, 1.807) is 17.3 Å². The molecule has 25 heavy (non-hydrogen) atoms. The minimum atomic E-state index is -0.188. The zero-order valence-corrected chi connectivity index (χ0v) is 14.1. The van der Waals surface area contributed by atoms with Gasteiger partial charge < -0.3 is 15.0 Å². The van der Waals surface area contributed by atoms with Crippen molar-refractivity contribution >= 4 is 11.9 Å². The van der Waals surface area contributed by atoms with E-state index < -0.39 is 0 Å². The van der Waals surface area contributed by atoms with E-state index in [4.69, 9.17) is 4.74 Å². The highest BCUT2D eigenvalue weighted by Gasteiger charge is 2.45. The fourth-order valence-electron chi connectivity index (χ4n) is 3.06. The van der Waals surface area contributed by atoms with Gasteiger partial charge >= 0.3 is 0 Å². The third kappa shape index (κ3) is 3.30. The molecule has 3 heterocycles. The molecule has 0 aromatic carbocycles. The molecule has 1 aliphatic carbocycles. The first-order chi connectivity index (χ1) is 12.2. The summed E-state index contributed by atoms with van der Waals surface area (Å²) in [5, 5.41) is 3.35. The summed E-state index contributed by atoms with van der Waals surface area (Å²) < 4.78 is 5.47. The molecule has 1 N–H and O–H groups in total. The van der Waals surface area contributed by atoms with Crippen molar-refractivity contribution in [3.8, 4) is 0 Å². The molecule has 0 radical (unpaired) electrons. The fraction of sp³-hybridized carbons (Fsp3) is 0.471. The number of ether oxygens (including phenoxy) is 1. The van der Waals surface area contributed by atoms with Crippen LogP contribution in [-0.4, -0.2) is 56.5 Å². The average molecular weight is 340 g/mol. The number of hydrogen-bond donors (Lipinski definition) is 1. The maximum absolute atomic E-state index is 12.5. The van der Waals surface area contributed by atoms with Gasteiger partial charge in [0.25, 0.3) is 5.91 Å². The predicted molar refractivity (Wildman–Crippen MR) is 89.9 cm³/mol. The second kappa shape index (κ2) is 6.36. The van der Waals surface area contributed by atoms with Crippen molar-refractivity contribution in [2.75, 3.05) is 25.0 Å². The van der Waals surface area contributed by atoms with Crippen LogP contribution in [0.4, 0.5) is 5.95 Å². The Morgan fingerprint density at radius 1 is 1.24 bits per heavy atom. The summed E-state index contributed by atoms with van der Waals surface area (Å²) in [4.78, 5) is 31.1. The van der Waals surface area contributed by atoms with Crippen molar-refractivity contribution in [3.63, 3.8) is 0 Å². The number of nitrogens with one attached hydrogen (secondary N) is 1. The highest BCUT2D eigenvalue weighted by Crippen LogP contribution is 2.47. The number of anilines is 1. The van der Waals surface area contributed by atoms with Crippen molar-refractivity contribution < 1.29 is 9.53 Å². The summed E-state index contributed by atoms with van der Waals surface area (Å²) in [6.45, 7) is 3.72. The van der Waals surface area contributed by atoms with Crippen molar-refractivity contribution in [2.24, 2.45) is 0 Å². The Labute approximate surface area is 145 Å². The van der Waals surface area contributed by atoms with E-state index in [-0.39, 0.29) is 17.6 Å². The largest absolute Gasteiger partial charge is 0.375 e. The van der Waals surface area contributed by atoms with E-state index in [1.165, 1.54) is 6.33 Å². The second-order valence-corrected chi connectivity index (χ2v) is 6.56. The van der Waals surface area contributed by atoms with Crippen LogP contribution in [0, 0.1) is 0 Å². The maximum atomic E-state index is 12.5. The van der Waals surface area contributed by atoms with E-state index in [0.29, 0.717) is 31.2 Å². The molecule has 0 unspecified atom stereocenters. The van der Waals surface area contributed by atoms with E-state index in [1.807, 2.05) is 19.3 Å². The highest BCUT2D eigenvalue weighted by atomic mass is 16.5. The first-order valence-corrected chi connectivity index (χ1v) is 8.43. The standard InChI is InChI=1S/C17H20N6O2/c1-12-10-23(4-5-25-12)15(24)13-6-20-16(21-7-13)22-17(2-3-17)14-8-18-11-19-9-14/h6-9,11-12H,2-5,10H2,1H3,(H,20,21,22)/t12-/m1/s1. The van der Waals surface area contributed by atoms with Gasteiger partial charge in [-0.3, -0.25) is 4.79 Å². The van der Waals surface area contributed by atoms with Crippen LogP contribution >= 0.6 is 0 Å². The Morgan fingerprint density at radius 3 is 2.60 bits per heavy atom. The molecule has 130 valence electrons. The zero-order chi connectivity index (χ0) is 17.3. The van der Waals surface area contributed by atoms with Gasteiger partial charge in [0.15, 0.2) is 0 Å². The van der Waals surface area contributed by atoms with Crippen molar-refractivity contribution in [3.05, 3.63) is 42.2 Å². The Balaban J connectivity index is 1.45. The van der Waals surface area contributed by atoms with Crippen LogP contribution < -0.4 is 5.32 Å². The van der Waals surface area contributed by atoms with Gasteiger partial charge in [-0.1, -0.05) is 0 Å². The monoisotopic (exact) mass is 340 g/mol. The number of carbonyl (C=O) groups excluding carboxylic acids is 1. The molecule has 2 fully saturated rings. The molecule has 1 saturated carbocycles. The first kappa shape index (κ1) is 15.9. The molecular weight excluding hydrogens is 320 g/mol. The number of carbonyl (C=O) groups is 1. The lowest BCUT2D eigenvalue weighted by Crippen LogP contribution is -2.44. The topological polar surface area (TPSA) is 93.1 Å². The second-order valence-electron chi connectivity index (χ2n) is 6.56. The normalized spacial score (nSPS) is 21.6. The SMILES string of the molecule is C[C@@H]1CN(C(=O)c2cnc(NC3(c4cncnc4)CC3)nc2)CCO1. The maximum Gasteiger partial charge on any atom is 0.257 e. The number of rotatable bonds is 4. The average Bonchev–Trinajstić information content (AvgIpc) is 3.43. The summed E-state index contributed by atoms with van der Waals surface area (Å²) in [5.74, 6) is 0.451. The Hall–Kier alpha value is -2.61. The lowest BCUT2D eigenvalue weighted by atomic mass is 10.1. The van der Waals surface area contributed by atoms with Gasteiger partial charge in [-0.15, -0.1) is 0 Å².